The van der Waals surface area contributed by atoms with E-state index in [2.05, 4.69) is 15.9 Å². The van der Waals surface area contributed by atoms with E-state index in [0.717, 1.165) is 27.6 Å². The van der Waals surface area contributed by atoms with E-state index >= 15 is 0 Å². The number of hydrogen-bond acceptors (Lipinski definition) is 4. The first-order valence-electron chi connectivity index (χ1n) is 8.34. The lowest BCUT2D eigenvalue weighted by atomic mass is 9.95. The van der Waals surface area contributed by atoms with Crippen LogP contribution in [0.25, 0.3) is 0 Å². The molecule has 0 amide bonds. The monoisotopic (exact) mass is 494 g/mol. The van der Waals surface area contributed by atoms with Gasteiger partial charge in [-0.1, -0.05) is 35.3 Å². The van der Waals surface area contributed by atoms with Crippen molar-refractivity contribution in [3.05, 3.63) is 62.0 Å². The van der Waals surface area contributed by atoms with Gasteiger partial charge in [0.15, 0.2) is 0 Å². The van der Waals surface area contributed by atoms with Gasteiger partial charge in [0.25, 0.3) is 10.1 Å². The second-order valence-corrected chi connectivity index (χ2v) is 9.62. The molecule has 8 heteroatoms. The molecule has 0 radical (unpaired) electrons. The van der Waals surface area contributed by atoms with Gasteiger partial charge in [0, 0.05) is 16.0 Å². The molecule has 2 aromatic carbocycles. The molecule has 0 spiro atoms. The molecule has 0 fully saturated rings. The first kappa shape index (κ1) is 22.5. The quantitative estimate of drug-likeness (QED) is 0.317. The summed E-state index contributed by atoms with van der Waals surface area (Å²) in [7, 11) is -3.54. The Kier molecular flexibility index (Phi) is 8.43. The summed E-state index contributed by atoms with van der Waals surface area (Å²) in [6, 6.07) is 11.1. The van der Waals surface area contributed by atoms with E-state index in [4.69, 9.17) is 32.1 Å². The van der Waals surface area contributed by atoms with Gasteiger partial charge in [0.05, 0.1) is 23.9 Å². The minimum Gasteiger partial charge on any atom is -0.492 e. The number of rotatable bonds is 9. The summed E-state index contributed by atoms with van der Waals surface area (Å²) in [5.41, 5.74) is 1.95. The van der Waals surface area contributed by atoms with Crippen LogP contribution in [0.15, 0.2) is 40.9 Å². The molecule has 0 aromatic heterocycles. The van der Waals surface area contributed by atoms with E-state index < -0.39 is 10.1 Å². The van der Waals surface area contributed by atoms with Crippen molar-refractivity contribution in [2.24, 2.45) is 0 Å². The Morgan fingerprint density at radius 1 is 1.15 bits per heavy atom. The molecule has 148 valence electrons. The van der Waals surface area contributed by atoms with Crippen molar-refractivity contribution in [2.45, 2.75) is 25.7 Å². The summed E-state index contributed by atoms with van der Waals surface area (Å²) >= 11 is 15.7. The molecule has 0 aliphatic rings. The lowest BCUT2D eigenvalue weighted by molar-refractivity contribution is 0.263. The average Bonchev–Trinajstić information content (AvgIpc) is 2.55. The zero-order chi connectivity index (χ0) is 20.0. The maximum absolute atomic E-state index is 11.4. The van der Waals surface area contributed by atoms with Gasteiger partial charge in [-0.3, -0.25) is 4.18 Å². The van der Waals surface area contributed by atoms with Crippen molar-refractivity contribution >= 4 is 49.2 Å². The smallest absolute Gasteiger partial charge is 0.264 e. The maximum atomic E-state index is 11.4. The Hall–Kier alpha value is -0.790. The van der Waals surface area contributed by atoms with Gasteiger partial charge in [0.1, 0.15) is 5.75 Å². The number of ether oxygens (including phenoxy) is 1. The van der Waals surface area contributed by atoms with E-state index in [1.54, 1.807) is 18.2 Å². The highest BCUT2D eigenvalue weighted by atomic mass is 79.9. The van der Waals surface area contributed by atoms with Gasteiger partial charge in [-0.25, -0.2) is 0 Å². The fourth-order valence-corrected chi connectivity index (χ4v) is 4.18. The van der Waals surface area contributed by atoms with Gasteiger partial charge >= 0.3 is 0 Å². The molecule has 0 N–H and O–H groups in total. The predicted molar refractivity (Wildman–Crippen MR) is 114 cm³/mol. The third kappa shape index (κ3) is 7.62. The van der Waals surface area contributed by atoms with E-state index in [1.807, 2.05) is 25.1 Å². The first-order valence-corrected chi connectivity index (χ1v) is 11.7. The fourth-order valence-electron chi connectivity index (χ4n) is 2.60. The molecule has 0 saturated heterocycles. The Labute approximate surface area is 179 Å². The molecular formula is C19H21BrCl2O4S. The standard InChI is InChI=1S/C19H21BrCl2O4S/c1-13-5-8-19(17(20)10-13)25-9-3-4-14(12-26-27(2,23)24)16-7-6-15(21)11-18(16)22/h5-8,10-11,14H,3-4,9,12H2,1-2H3. The Morgan fingerprint density at radius 2 is 1.89 bits per heavy atom. The molecule has 2 rings (SSSR count). The van der Waals surface area contributed by atoms with Crippen LogP contribution in [0, 0.1) is 6.92 Å². The van der Waals surface area contributed by atoms with E-state index in [-0.39, 0.29) is 12.5 Å². The van der Waals surface area contributed by atoms with Crippen LogP contribution in [0.1, 0.15) is 29.9 Å². The van der Waals surface area contributed by atoms with Crippen molar-refractivity contribution in [2.75, 3.05) is 19.5 Å². The molecule has 0 heterocycles. The zero-order valence-corrected chi connectivity index (χ0v) is 19.0. The van der Waals surface area contributed by atoms with Gasteiger partial charge in [-0.2, -0.15) is 8.42 Å². The predicted octanol–water partition coefficient (Wildman–Crippen LogP) is 5.98. The molecule has 27 heavy (non-hydrogen) atoms. The molecule has 1 atom stereocenters. The molecule has 0 bridgehead atoms. The van der Waals surface area contributed by atoms with Crippen LogP contribution in [0.5, 0.6) is 5.75 Å². The summed E-state index contributed by atoms with van der Waals surface area (Å²) < 4.78 is 34.5. The lowest BCUT2D eigenvalue weighted by Gasteiger charge is -2.19. The van der Waals surface area contributed by atoms with Crippen molar-refractivity contribution in [3.8, 4) is 5.75 Å². The summed E-state index contributed by atoms with van der Waals surface area (Å²) in [6.45, 7) is 2.52. The molecule has 4 nitrogen and oxygen atoms in total. The van der Waals surface area contributed by atoms with Crippen LogP contribution in [0.2, 0.25) is 10.0 Å². The molecule has 1 unspecified atom stereocenters. The summed E-state index contributed by atoms with van der Waals surface area (Å²) in [6.07, 6.45) is 2.39. The normalized spacial score (nSPS) is 12.8. The zero-order valence-electron chi connectivity index (χ0n) is 15.0. The number of hydrogen-bond donors (Lipinski definition) is 0. The second-order valence-electron chi connectivity index (χ2n) is 6.28. The van der Waals surface area contributed by atoms with Crippen LogP contribution < -0.4 is 4.74 Å². The topological polar surface area (TPSA) is 52.6 Å². The highest BCUT2D eigenvalue weighted by Crippen LogP contribution is 2.31. The third-order valence-corrected chi connectivity index (χ3v) is 5.67. The van der Waals surface area contributed by atoms with Crippen molar-refractivity contribution in [3.63, 3.8) is 0 Å². The lowest BCUT2D eigenvalue weighted by Crippen LogP contribution is -2.14. The Morgan fingerprint density at radius 3 is 2.52 bits per heavy atom. The van der Waals surface area contributed by atoms with Crippen molar-refractivity contribution in [1.82, 2.24) is 0 Å². The average molecular weight is 496 g/mol. The Balaban J connectivity index is 2.01. The largest absolute Gasteiger partial charge is 0.492 e. The highest BCUT2D eigenvalue weighted by molar-refractivity contribution is 9.10. The van der Waals surface area contributed by atoms with Gasteiger partial charge < -0.3 is 4.74 Å². The molecule has 0 aliphatic carbocycles. The second kappa shape index (κ2) is 10.1. The Bertz CT molecular complexity index is 887. The van der Waals surface area contributed by atoms with Crippen molar-refractivity contribution < 1.29 is 17.3 Å². The minimum absolute atomic E-state index is 0.0222. The van der Waals surface area contributed by atoms with Crippen LogP contribution in [0.3, 0.4) is 0 Å². The van der Waals surface area contributed by atoms with E-state index in [0.29, 0.717) is 29.5 Å². The van der Waals surface area contributed by atoms with Gasteiger partial charge in [-0.15, -0.1) is 0 Å². The maximum Gasteiger partial charge on any atom is 0.264 e. The first-order chi connectivity index (χ1) is 12.7. The molecular weight excluding hydrogens is 475 g/mol. The number of halogens is 3. The minimum atomic E-state index is -3.54. The number of benzene rings is 2. The van der Waals surface area contributed by atoms with E-state index in [9.17, 15) is 8.42 Å². The molecule has 0 aliphatic heterocycles. The van der Waals surface area contributed by atoms with Crippen molar-refractivity contribution in [1.29, 1.82) is 0 Å². The van der Waals surface area contributed by atoms with E-state index in [1.165, 1.54) is 0 Å². The van der Waals surface area contributed by atoms with Gasteiger partial charge in [-0.05, 0) is 71.1 Å². The fraction of sp³-hybridized carbons (Fsp3) is 0.368. The SMILES string of the molecule is Cc1ccc(OCCCC(COS(C)(=O)=O)c2ccc(Cl)cc2Cl)c(Br)c1. The van der Waals surface area contributed by atoms with Crippen LogP contribution in [0.4, 0.5) is 0 Å². The van der Waals surface area contributed by atoms with Crippen LogP contribution in [-0.2, 0) is 14.3 Å². The third-order valence-electron chi connectivity index (χ3n) is 3.93. The summed E-state index contributed by atoms with van der Waals surface area (Å²) in [5, 5.41) is 1.02. The highest BCUT2D eigenvalue weighted by Gasteiger charge is 2.18. The summed E-state index contributed by atoms with van der Waals surface area (Å²) in [5.74, 6) is 0.587. The molecule has 2 aromatic rings. The molecule has 0 saturated carbocycles. The summed E-state index contributed by atoms with van der Waals surface area (Å²) in [4.78, 5) is 0. The van der Waals surface area contributed by atoms with Crippen LogP contribution >= 0.6 is 39.1 Å². The van der Waals surface area contributed by atoms with Crippen LogP contribution in [-0.4, -0.2) is 27.9 Å². The number of aryl methyl sites for hydroxylation is 1. The van der Waals surface area contributed by atoms with Gasteiger partial charge in [0.2, 0.25) is 0 Å².